The van der Waals surface area contributed by atoms with Gasteiger partial charge in [0.25, 0.3) is 0 Å². The van der Waals surface area contributed by atoms with Gasteiger partial charge in [-0.3, -0.25) is 4.99 Å². The number of hydrogen-bond donors (Lipinski definition) is 0. The Kier molecular flexibility index (Phi) is 7.37. The molecule has 0 fully saturated rings. The number of rotatable bonds is 1. The highest BCUT2D eigenvalue weighted by atomic mass is 19.1. The van der Waals surface area contributed by atoms with Crippen LogP contribution >= 0.6 is 0 Å². The maximum absolute atomic E-state index is 13.2. The van der Waals surface area contributed by atoms with E-state index in [0.29, 0.717) is 11.0 Å². The highest BCUT2D eigenvalue weighted by molar-refractivity contribution is 5.80. The number of fused-ring (bicyclic) bond motifs is 1. The van der Waals surface area contributed by atoms with Gasteiger partial charge in [-0.2, -0.15) is 0 Å². The minimum Gasteiger partial charge on any atom is -0.259 e. The summed E-state index contributed by atoms with van der Waals surface area (Å²) < 4.78 is 13.2. The molecule has 1 aromatic heterocycles. The summed E-state index contributed by atoms with van der Waals surface area (Å²) in [6, 6.07) is 4.44. The van der Waals surface area contributed by atoms with Crippen LogP contribution in [-0.4, -0.2) is 16.2 Å². The predicted octanol–water partition coefficient (Wildman–Crippen LogP) is 5.34. The van der Waals surface area contributed by atoms with Gasteiger partial charge >= 0.3 is 0 Å². The number of hydrogen-bond acceptors (Lipinski definition) is 3. The van der Waals surface area contributed by atoms with Crippen molar-refractivity contribution in [3.05, 3.63) is 41.5 Å². The fraction of sp³-hybridized carbons (Fsp3) is 0.389. The molecule has 1 aliphatic heterocycles. The van der Waals surface area contributed by atoms with E-state index < -0.39 is 0 Å². The molecule has 118 valence electrons. The van der Waals surface area contributed by atoms with Crippen LogP contribution in [0, 0.1) is 12.7 Å². The first-order valence-electron chi connectivity index (χ1n) is 7.91. The van der Waals surface area contributed by atoms with Gasteiger partial charge in [-0.15, -0.1) is 0 Å². The summed E-state index contributed by atoms with van der Waals surface area (Å²) in [6.45, 7) is 9.90. The zero-order valence-corrected chi connectivity index (χ0v) is 14.0. The van der Waals surface area contributed by atoms with Crippen molar-refractivity contribution in [2.45, 2.75) is 47.5 Å². The second-order valence-electron chi connectivity index (χ2n) is 4.27. The number of benzene rings is 1. The molecule has 22 heavy (non-hydrogen) atoms. The van der Waals surface area contributed by atoms with Gasteiger partial charge in [0, 0.05) is 12.3 Å². The summed E-state index contributed by atoms with van der Waals surface area (Å²) >= 11 is 0. The van der Waals surface area contributed by atoms with Crippen molar-refractivity contribution in [3.63, 3.8) is 0 Å². The van der Waals surface area contributed by atoms with Crippen LogP contribution in [-0.2, 0) is 0 Å². The fourth-order valence-corrected chi connectivity index (χ4v) is 2.03. The Morgan fingerprint density at radius 2 is 1.68 bits per heavy atom. The number of aliphatic imine (C=N–C) groups is 1. The Morgan fingerprint density at radius 1 is 0.955 bits per heavy atom. The summed E-state index contributed by atoms with van der Waals surface area (Å²) in [4.78, 5) is 13.3. The van der Waals surface area contributed by atoms with E-state index in [1.807, 2.05) is 46.9 Å². The zero-order chi connectivity index (χ0) is 16.5. The van der Waals surface area contributed by atoms with Crippen molar-refractivity contribution in [1.82, 2.24) is 9.97 Å². The normalized spacial score (nSPS) is 12.7. The van der Waals surface area contributed by atoms with Gasteiger partial charge in [0.2, 0.25) is 0 Å². The van der Waals surface area contributed by atoms with Crippen LogP contribution in [0.1, 0.15) is 51.9 Å². The third-order valence-electron chi connectivity index (χ3n) is 2.91. The van der Waals surface area contributed by atoms with Crippen LogP contribution in [0.3, 0.4) is 0 Å². The van der Waals surface area contributed by atoms with Gasteiger partial charge in [-0.05, 0) is 31.9 Å². The van der Waals surface area contributed by atoms with Crippen LogP contribution in [0.5, 0.6) is 0 Å². The summed E-state index contributed by atoms with van der Waals surface area (Å²) in [6.07, 6.45) is 5.84. The van der Waals surface area contributed by atoms with Crippen LogP contribution < -0.4 is 0 Å². The van der Waals surface area contributed by atoms with E-state index in [0.717, 1.165) is 29.9 Å². The average molecular weight is 301 g/mol. The molecule has 0 radical (unpaired) electrons. The molecule has 0 aliphatic carbocycles. The monoisotopic (exact) mass is 301 g/mol. The molecule has 0 spiro atoms. The lowest BCUT2D eigenvalue weighted by molar-refractivity contribution is 0.629. The summed E-state index contributed by atoms with van der Waals surface area (Å²) in [5.41, 5.74) is 3.66. The second kappa shape index (κ2) is 9.03. The quantitative estimate of drug-likeness (QED) is 0.713. The van der Waals surface area contributed by atoms with Crippen LogP contribution in [0.25, 0.3) is 16.7 Å². The minimum absolute atomic E-state index is 0.298. The third-order valence-corrected chi connectivity index (χ3v) is 2.91. The highest BCUT2D eigenvalue weighted by Crippen LogP contribution is 2.23. The molecule has 2 heterocycles. The van der Waals surface area contributed by atoms with Crippen molar-refractivity contribution in [1.29, 1.82) is 0 Å². The molecule has 0 unspecified atom stereocenters. The van der Waals surface area contributed by atoms with Gasteiger partial charge in [0.05, 0.1) is 22.4 Å². The molecule has 1 aromatic carbocycles. The van der Waals surface area contributed by atoms with E-state index in [4.69, 9.17) is 0 Å². The van der Waals surface area contributed by atoms with E-state index in [2.05, 4.69) is 15.0 Å². The van der Waals surface area contributed by atoms with Crippen molar-refractivity contribution in [2.75, 3.05) is 0 Å². The van der Waals surface area contributed by atoms with Crippen molar-refractivity contribution in [3.8, 4) is 0 Å². The topological polar surface area (TPSA) is 38.1 Å². The van der Waals surface area contributed by atoms with Gasteiger partial charge in [-0.1, -0.05) is 33.8 Å². The molecule has 2 aromatic rings. The van der Waals surface area contributed by atoms with Crippen LogP contribution in [0.2, 0.25) is 0 Å². The van der Waals surface area contributed by atoms with Crippen molar-refractivity contribution >= 4 is 22.9 Å². The molecule has 3 rings (SSSR count). The van der Waals surface area contributed by atoms with Gasteiger partial charge in [0.15, 0.2) is 0 Å². The molecule has 4 heteroatoms. The molecule has 0 N–H and O–H groups in total. The summed E-state index contributed by atoms with van der Waals surface area (Å²) in [5.74, 6) is -0.298. The second-order valence-corrected chi connectivity index (χ2v) is 4.27. The molecular weight excluding hydrogens is 277 g/mol. The van der Waals surface area contributed by atoms with Gasteiger partial charge in [-0.25, -0.2) is 14.4 Å². The molecule has 0 atom stereocenters. The Balaban J connectivity index is 0.000000561. The minimum atomic E-state index is -0.298. The van der Waals surface area contributed by atoms with E-state index in [9.17, 15) is 4.39 Å². The Hall–Kier alpha value is -2.10. The largest absolute Gasteiger partial charge is 0.259 e. The third kappa shape index (κ3) is 4.20. The lowest BCUT2D eigenvalue weighted by Crippen LogP contribution is -1.99. The standard InChI is InChI=1S/C14H12FN3.2C2H6/c1-9-14(12-4-2-3-7-16-12)18-13-8-10(15)5-6-11(13)17-9;2*1-2/h4-8H,2-3H2,1H3;2*1-2H3. The molecule has 3 nitrogen and oxygen atoms in total. The SMILES string of the molecule is CC.CC.Cc1nc2ccc(F)cc2nc1C1=CCCC=N1. The van der Waals surface area contributed by atoms with Crippen molar-refractivity contribution < 1.29 is 4.39 Å². The van der Waals surface area contributed by atoms with E-state index in [1.165, 1.54) is 12.1 Å². The van der Waals surface area contributed by atoms with E-state index >= 15 is 0 Å². The van der Waals surface area contributed by atoms with Gasteiger partial charge < -0.3 is 0 Å². The van der Waals surface area contributed by atoms with E-state index in [1.54, 1.807) is 6.07 Å². The zero-order valence-electron chi connectivity index (χ0n) is 14.0. The summed E-state index contributed by atoms with van der Waals surface area (Å²) in [5, 5.41) is 0. The predicted molar refractivity (Wildman–Crippen MR) is 92.6 cm³/mol. The molecule has 1 aliphatic rings. The smallest absolute Gasteiger partial charge is 0.125 e. The van der Waals surface area contributed by atoms with Crippen LogP contribution in [0.15, 0.2) is 29.3 Å². The number of aromatic nitrogens is 2. The lowest BCUT2D eigenvalue weighted by Gasteiger charge is -2.09. The number of aryl methyl sites for hydroxylation is 1. The summed E-state index contributed by atoms with van der Waals surface area (Å²) in [7, 11) is 0. The first kappa shape index (κ1) is 18.0. The molecule has 0 bridgehead atoms. The molecule has 0 saturated carbocycles. The number of halogens is 1. The first-order chi connectivity index (χ1) is 10.7. The Labute approximate surface area is 132 Å². The number of allylic oxidation sites excluding steroid dienone is 1. The maximum Gasteiger partial charge on any atom is 0.125 e. The highest BCUT2D eigenvalue weighted by Gasteiger charge is 2.11. The molecular formula is C18H24FN3. The molecule has 0 amide bonds. The number of nitrogens with zero attached hydrogens (tertiary/aromatic N) is 3. The first-order valence-corrected chi connectivity index (χ1v) is 7.91. The Bertz CT molecular complexity index is 675. The van der Waals surface area contributed by atoms with Crippen molar-refractivity contribution in [2.24, 2.45) is 4.99 Å². The fourth-order valence-electron chi connectivity index (χ4n) is 2.03. The van der Waals surface area contributed by atoms with Crippen LogP contribution in [0.4, 0.5) is 4.39 Å². The Morgan fingerprint density at radius 3 is 2.32 bits per heavy atom. The average Bonchev–Trinajstić information content (AvgIpc) is 2.59. The maximum atomic E-state index is 13.2. The molecule has 0 saturated heterocycles. The lowest BCUT2D eigenvalue weighted by atomic mass is 10.1. The van der Waals surface area contributed by atoms with Gasteiger partial charge in [0.1, 0.15) is 11.5 Å². The van der Waals surface area contributed by atoms with E-state index in [-0.39, 0.29) is 5.82 Å².